The fourth-order valence-electron chi connectivity index (χ4n) is 4.14. The first-order valence-electron chi connectivity index (χ1n) is 11.6. The van der Waals surface area contributed by atoms with Crippen LogP contribution in [0.4, 0.5) is 11.4 Å². The molecular formula is C28H26N4O3S2. The second-order valence-electron chi connectivity index (χ2n) is 8.38. The van der Waals surface area contributed by atoms with Crippen LogP contribution in [0.15, 0.2) is 82.3 Å². The van der Waals surface area contributed by atoms with E-state index in [4.69, 9.17) is 4.74 Å². The number of nitrogens with zero attached hydrogens (tertiary/aromatic N) is 2. The number of aliphatic imine (C=N–C) groups is 1. The Kier molecular flexibility index (Phi) is 8.43. The van der Waals surface area contributed by atoms with Crippen molar-refractivity contribution in [2.24, 2.45) is 10.9 Å². The zero-order chi connectivity index (χ0) is 26.4. The molecule has 0 saturated carbocycles. The molecule has 0 bridgehead atoms. The van der Waals surface area contributed by atoms with Crippen LogP contribution in [0.2, 0.25) is 0 Å². The zero-order valence-electron chi connectivity index (χ0n) is 20.6. The summed E-state index contributed by atoms with van der Waals surface area (Å²) < 4.78 is 5.39. The van der Waals surface area contributed by atoms with E-state index in [9.17, 15) is 14.9 Å². The summed E-state index contributed by atoms with van der Waals surface area (Å²) >= 11 is 2.75. The molecule has 0 aliphatic carbocycles. The fourth-order valence-corrected chi connectivity index (χ4v) is 6.04. The van der Waals surface area contributed by atoms with Gasteiger partial charge in [-0.15, -0.1) is 11.3 Å². The van der Waals surface area contributed by atoms with Crippen molar-refractivity contribution in [3.05, 3.63) is 87.1 Å². The highest BCUT2D eigenvalue weighted by Gasteiger charge is 2.40. The number of nitrogens with one attached hydrogen (secondary N) is 2. The van der Waals surface area contributed by atoms with Gasteiger partial charge < -0.3 is 15.4 Å². The average Bonchev–Trinajstić information content (AvgIpc) is 3.33. The second-order valence-corrected chi connectivity index (χ2v) is 10.7. The van der Waals surface area contributed by atoms with Crippen molar-refractivity contribution in [2.75, 3.05) is 23.5 Å². The van der Waals surface area contributed by atoms with Gasteiger partial charge in [0.1, 0.15) is 10.8 Å². The van der Waals surface area contributed by atoms with Crippen LogP contribution in [0.1, 0.15) is 22.6 Å². The normalized spacial score (nSPS) is 17.0. The summed E-state index contributed by atoms with van der Waals surface area (Å²) in [6.07, 6.45) is 0. The quantitative estimate of drug-likeness (QED) is 0.373. The van der Waals surface area contributed by atoms with Crippen LogP contribution in [0.5, 0.6) is 5.75 Å². The fraction of sp³-hybridized carbons (Fsp3) is 0.214. The average molecular weight is 531 g/mol. The molecule has 2 atom stereocenters. The molecule has 2 amide bonds. The summed E-state index contributed by atoms with van der Waals surface area (Å²) in [5.74, 6) is -1.06. The van der Waals surface area contributed by atoms with Crippen LogP contribution >= 0.6 is 23.1 Å². The molecule has 2 heterocycles. The lowest BCUT2D eigenvalue weighted by Gasteiger charge is -2.30. The molecule has 0 saturated heterocycles. The number of thioether (sulfide) groups is 1. The molecule has 2 unspecified atom stereocenters. The number of ether oxygens (including phenoxy) is 1. The van der Waals surface area contributed by atoms with Crippen LogP contribution in [-0.2, 0) is 9.59 Å². The lowest BCUT2D eigenvalue weighted by atomic mass is 9.80. The van der Waals surface area contributed by atoms with Crippen molar-refractivity contribution in [1.82, 2.24) is 0 Å². The molecule has 37 heavy (non-hydrogen) atoms. The molecule has 1 aromatic heterocycles. The van der Waals surface area contributed by atoms with E-state index in [0.29, 0.717) is 33.4 Å². The maximum Gasteiger partial charge on any atom is 0.234 e. The Labute approximate surface area is 224 Å². The Balaban J connectivity index is 1.63. The first-order chi connectivity index (χ1) is 17.9. The van der Waals surface area contributed by atoms with Gasteiger partial charge in [0.05, 0.1) is 36.1 Å². The van der Waals surface area contributed by atoms with E-state index in [1.165, 1.54) is 11.8 Å². The smallest absolute Gasteiger partial charge is 0.234 e. The van der Waals surface area contributed by atoms with Gasteiger partial charge >= 0.3 is 0 Å². The number of carbonyl (C=O) groups excluding carboxylic acids is 2. The first kappa shape index (κ1) is 26.2. The summed E-state index contributed by atoms with van der Waals surface area (Å²) in [6, 6.07) is 22.6. The van der Waals surface area contributed by atoms with E-state index in [0.717, 1.165) is 9.75 Å². The van der Waals surface area contributed by atoms with Gasteiger partial charge in [-0.2, -0.15) is 5.26 Å². The van der Waals surface area contributed by atoms with Gasteiger partial charge in [-0.05, 0) is 50.2 Å². The summed E-state index contributed by atoms with van der Waals surface area (Å²) in [7, 11) is 1.55. The Morgan fingerprint density at radius 2 is 1.78 bits per heavy atom. The van der Waals surface area contributed by atoms with E-state index in [2.05, 4.69) is 21.7 Å². The Hall–Kier alpha value is -3.87. The van der Waals surface area contributed by atoms with Gasteiger partial charge in [0.15, 0.2) is 0 Å². The van der Waals surface area contributed by atoms with Gasteiger partial charge in [-0.3, -0.25) is 9.59 Å². The van der Waals surface area contributed by atoms with Crippen LogP contribution in [0.25, 0.3) is 0 Å². The second kappa shape index (κ2) is 11.9. The number of amides is 2. The lowest BCUT2D eigenvalue weighted by molar-refractivity contribution is -0.118. The van der Waals surface area contributed by atoms with E-state index >= 15 is 0 Å². The predicted molar refractivity (Wildman–Crippen MR) is 150 cm³/mol. The minimum absolute atomic E-state index is 0.0838. The summed E-state index contributed by atoms with van der Waals surface area (Å²) in [5, 5.41) is 16.5. The molecule has 3 aromatic rings. The minimum atomic E-state index is -0.694. The molecule has 9 heteroatoms. The standard InChI is InChI=1S/C28H26N4O3S2/c1-17-13-14-23(37-17)26-20(15-29)28(36-16-24(33)31-19-9-5-4-6-10-19)30-18(2)25(26)27(34)32-21-11-7-8-12-22(21)35-3/h4-14,25-26H,16H2,1-3H3,(H,31,33)(H,32,34). The molecule has 2 aromatic carbocycles. The number of methoxy groups -OCH3 is 1. The number of nitriles is 1. The van der Waals surface area contributed by atoms with Crippen molar-refractivity contribution in [1.29, 1.82) is 5.26 Å². The topological polar surface area (TPSA) is 104 Å². The van der Waals surface area contributed by atoms with Crippen LogP contribution < -0.4 is 15.4 Å². The maximum atomic E-state index is 13.6. The monoisotopic (exact) mass is 530 g/mol. The number of anilines is 2. The lowest BCUT2D eigenvalue weighted by Crippen LogP contribution is -2.36. The van der Waals surface area contributed by atoms with Gasteiger partial charge in [0.25, 0.3) is 0 Å². The molecule has 0 spiro atoms. The van der Waals surface area contributed by atoms with Crippen molar-refractivity contribution in [2.45, 2.75) is 19.8 Å². The number of hydrogen-bond donors (Lipinski definition) is 2. The number of thiophene rings is 1. The highest BCUT2D eigenvalue weighted by molar-refractivity contribution is 8.03. The first-order valence-corrected chi connectivity index (χ1v) is 13.4. The molecule has 2 N–H and O–H groups in total. The minimum Gasteiger partial charge on any atom is -0.495 e. The molecule has 1 aliphatic rings. The van der Waals surface area contributed by atoms with E-state index in [1.54, 1.807) is 37.5 Å². The highest BCUT2D eigenvalue weighted by atomic mass is 32.2. The summed E-state index contributed by atoms with van der Waals surface area (Å²) in [4.78, 5) is 32.8. The third-order valence-electron chi connectivity index (χ3n) is 5.84. The van der Waals surface area contributed by atoms with E-state index < -0.39 is 11.8 Å². The van der Waals surface area contributed by atoms with Crippen molar-refractivity contribution >= 4 is 52.0 Å². The van der Waals surface area contributed by atoms with Crippen molar-refractivity contribution in [3.8, 4) is 11.8 Å². The van der Waals surface area contributed by atoms with Gasteiger partial charge in [-0.25, -0.2) is 4.99 Å². The van der Waals surface area contributed by atoms with E-state index in [-0.39, 0.29) is 17.6 Å². The highest BCUT2D eigenvalue weighted by Crippen LogP contribution is 2.44. The molecule has 1 aliphatic heterocycles. The number of allylic oxidation sites excluding steroid dienone is 1. The molecular weight excluding hydrogens is 504 g/mol. The molecule has 7 nitrogen and oxygen atoms in total. The number of hydrogen-bond acceptors (Lipinski definition) is 7. The number of carbonyl (C=O) groups is 2. The number of para-hydroxylation sites is 3. The number of benzene rings is 2. The van der Waals surface area contributed by atoms with Crippen LogP contribution in [0, 0.1) is 24.2 Å². The molecule has 0 fully saturated rings. The third-order valence-corrected chi connectivity index (χ3v) is 7.91. The number of rotatable bonds is 8. The maximum absolute atomic E-state index is 13.6. The molecule has 188 valence electrons. The largest absolute Gasteiger partial charge is 0.495 e. The third kappa shape index (κ3) is 6.10. The zero-order valence-corrected chi connectivity index (χ0v) is 22.3. The van der Waals surface area contributed by atoms with Crippen LogP contribution in [0.3, 0.4) is 0 Å². The van der Waals surface area contributed by atoms with Gasteiger partial charge in [0, 0.05) is 27.1 Å². The Morgan fingerprint density at radius 1 is 1.05 bits per heavy atom. The van der Waals surface area contributed by atoms with Gasteiger partial charge in [-0.1, -0.05) is 42.1 Å². The SMILES string of the molecule is COc1ccccc1NC(=O)C1C(C)=NC(SCC(=O)Nc2ccccc2)=C(C#N)C1c1ccc(C)s1. The Morgan fingerprint density at radius 3 is 2.46 bits per heavy atom. The van der Waals surface area contributed by atoms with Gasteiger partial charge in [0.2, 0.25) is 11.8 Å². The molecule has 0 radical (unpaired) electrons. The predicted octanol–water partition coefficient (Wildman–Crippen LogP) is 5.99. The van der Waals surface area contributed by atoms with Crippen molar-refractivity contribution in [3.63, 3.8) is 0 Å². The van der Waals surface area contributed by atoms with Crippen molar-refractivity contribution < 1.29 is 14.3 Å². The van der Waals surface area contributed by atoms with E-state index in [1.807, 2.05) is 61.5 Å². The Bertz CT molecular complexity index is 1410. The summed E-state index contributed by atoms with van der Waals surface area (Å²) in [5.41, 5.74) is 2.20. The summed E-state index contributed by atoms with van der Waals surface area (Å²) in [6.45, 7) is 3.78. The molecule has 4 rings (SSSR count). The number of aryl methyl sites for hydroxylation is 1. The van der Waals surface area contributed by atoms with Crippen LogP contribution in [-0.4, -0.2) is 30.4 Å².